The van der Waals surface area contributed by atoms with Gasteiger partial charge in [0.1, 0.15) is 11.5 Å². The maximum absolute atomic E-state index is 6.01. The summed E-state index contributed by atoms with van der Waals surface area (Å²) < 4.78 is 0. The number of hydrazone groups is 1. The van der Waals surface area contributed by atoms with Gasteiger partial charge in [0.15, 0.2) is 0 Å². The fourth-order valence-corrected chi connectivity index (χ4v) is 2.35. The first-order valence-corrected chi connectivity index (χ1v) is 6.30. The zero-order valence-electron chi connectivity index (χ0n) is 10.2. The minimum Gasteiger partial charge on any atom is -0.297 e. The average Bonchev–Trinajstić information content (AvgIpc) is 2.81. The van der Waals surface area contributed by atoms with Gasteiger partial charge in [0, 0.05) is 13.1 Å². The Balaban J connectivity index is 2.09. The Morgan fingerprint density at radius 2 is 2.12 bits per heavy atom. The first kappa shape index (κ1) is 12.3. The molecule has 0 unspecified atom stereocenters. The van der Waals surface area contributed by atoms with Crippen LogP contribution in [0, 0.1) is 6.92 Å². The Kier molecular flexibility index (Phi) is 3.94. The number of hydrogen-bond acceptors (Lipinski definition) is 4. The summed E-state index contributed by atoms with van der Waals surface area (Å²) in [5.41, 5.74) is 1.66. The molecule has 1 saturated carbocycles. The molecule has 1 aliphatic carbocycles. The lowest BCUT2D eigenvalue weighted by atomic mass is 10.2. The average molecular weight is 253 g/mol. The van der Waals surface area contributed by atoms with Crippen molar-refractivity contribution in [1.29, 1.82) is 0 Å². The number of hydrogen-bond donors (Lipinski definition) is 0. The molecule has 0 spiro atoms. The van der Waals surface area contributed by atoms with Crippen LogP contribution in [0.1, 0.15) is 36.9 Å². The van der Waals surface area contributed by atoms with Crippen molar-refractivity contribution >= 4 is 17.8 Å². The number of halogens is 1. The van der Waals surface area contributed by atoms with E-state index < -0.39 is 0 Å². The van der Waals surface area contributed by atoms with E-state index >= 15 is 0 Å². The zero-order chi connectivity index (χ0) is 12.3. The van der Waals surface area contributed by atoms with Gasteiger partial charge in [-0.05, 0) is 19.8 Å². The van der Waals surface area contributed by atoms with Gasteiger partial charge in [-0.2, -0.15) is 5.10 Å². The third-order valence-electron chi connectivity index (χ3n) is 3.26. The minimum atomic E-state index is 0.459. The van der Waals surface area contributed by atoms with Crippen LogP contribution in [-0.4, -0.2) is 34.3 Å². The van der Waals surface area contributed by atoms with Gasteiger partial charge >= 0.3 is 0 Å². The fourth-order valence-electron chi connectivity index (χ4n) is 2.12. The normalized spacial score (nSPS) is 16.9. The van der Waals surface area contributed by atoms with Crippen molar-refractivity contribution in [2.24, 2.45) is 5.10 Å². The van der Waals surface area contributed by atoms with Crippen LogP contribution in [0.15, 0.2) is 11.4 Å². The smallest absolute Gasteiger partial charge is 0.141 e. The Morgan fingerprint density at radius 1 is 1.41 bits per heavy atom. The summed E-state index contributed by atoms with van der Waals surface area (Å²) >= 11 is 6.01. The van der Waals surface area contributed by atoms with E-state index in [4.69, 9.17) is 11.6 Å². The van der Waals surface area contributed by atoms with E-state index in [1.54, 1.807) is 6.21 Å². The van der Waals surface area contributed by atoms with Crippen LogP contribution in [-0.2, 0) is 0 Å². The SMILES string of the molecule is Cc1ncnc(Cl)c1/C=N\N(C)C1CCCC1. The second-order valence-electron chi connectivity index (χ2n) is 4.42. The number of aryl methyl sites for hydroxylation is 1. The second-order valence-corrected chi connectivity index (χ2v) is 4.78. The molecule has 92 valence electrons. The van der Waals surface area contributed by atoms with Crippen LogP contribution in [0.3, 0.4) is 0 Å². The molecule has 0 saturated heterocycles. The molecule has 0 amide bonds. The molecule has 4 nitrogen and oxygen atoms in total. The maximum Gasteiger partial charge on any atom is 0.141 e. The lowest BCUT2D eigenvalue weighted by Gasteiger charge is -2.20. The molecular weight excluding hydrogens is 236 g/mol. The van der Waals surface area contributed by atoms with Gasteiger partial charge in [-0.1, -0.05) is 24.4 Å². The van der Waals surface area contributed by atoms with E-state index in [1.165, 1.54) is 32.0 Å². The van der Waals surface area contributed by atoms with Gasteiger partial charge in [0.25, 0.3) is 0 Å². The molecule has 5 heteroatoms. The van der Waals surface area contributed by atoms with Gasteiger partial charge in [-0.25, -0.2) is 9.97 Å². The van der Waals surface area contributed by atoms with Crippen molar-refractivity contribution in [3.05, 3.63) is 22.7 Å². The van der Waals surface area contributed by atoms with Crippen molar-refractivity contribution in [1.82, 2.24) is 15.0 Å². The van der Waals surface area contributed by atoms with Crippen LogP contribution in [0.4, 0.5) is 0 Å². The van der Waals surface area contributed by atoms with E-state index in [0.29, 0.717) is 11.2 Å². The van der Waals surface area contributed by atoms with Crippen molar-refractivity contribution < 1.29 is 0 Å². The first-order valence-electron chi connectivity index (χ1n) is 5.92. The zero-order valence-corrected chi connectivity index (χ0v) is 11.0. The third-order valence-corrected chi connectivity index (χ3v) is 3.56. The number of aromatic nitrogens is 2. The Bertz CT molecular complexity index is 393. The molecule has 1 aromatic rings. The fraction of sp³-hybridized carbons (Fsp3) is 0.583. The molecule has 1 heterocycles. The van der Waals surface area contributed by atoms with E-state index in [0.717, 1.165) is 11.3 Å². The van der Waals surface area contributed by atoms with Crippen molar-refractivity contribution in [3.8, 4) is 0 Å². The quantitative estimate of drug-likeness (QED) is 0.472. The van der Waals surface area contributed by atoms with E-state index in [-0.39, 0.29) is 0 Å². The molecule has 1 fully saturated rings. The summed E-state index contributed by atoms with van der Waals surface area (Å²) in [6.07, 6.45) is 8.29. The third kappa shape index (κ3) is 2.94. The number of nitrogens with zero attached hydrogens (tertiary/aromatic N) is 4. The molecule has 1 aromatic heterocycles. The predicted octanol–water partition coefficient (Wildman–Crippen LogP) is 2.65. The van der Waals surface area contributed by atoms with Crippen LogP contribution < -0.4 is 0 Å². The highest BCUT2D eigenvalue weighted by Crippen LogP contribution is 2.22. The maximum atomic E-state index is 6.01. The topological polar surface area (TPSA) is 41.4 Å². The summed E-state index contributed by atoms with van der Waals surface area (Å²) in [5, 5.41) is 6.92. The van der Waals surface area contributed by atoms with Crippen molar-refractivity contribution in [3.63, 3.8) is 0 Å². The Hall–Kier alpha value is -1.16. The van der Waals surface area contributed by atoms with E-state index in [1.807, 2.05) is 19.0 Å². The Morgan fingerprint density at radius 3 is 2.76 bits per heavy atom. The standard InChI is InChI=1S/C12H17ClN4/c1-9-11(12(13)15-8-14-9)7-16-17(2)10-5-3-4-6-10/h7-8,10H,3-6H2,1-2H3/b16-7-. The molecule has 0 bridgehead atoms. The van der Waals surface area contributed by atoms with Crippen molar-refractivity contribution in [2.45, 2.75) is 38.6 Å². The van der Waals surface area contributed by atoms with Crippen LogP contribution in [0.5, 0.6) is 0 Å². The van der Waals surface area contributed by atoms with E-state index in [2.05, 4.69) is 15.1 Å². The molecule has 17 heavy (non-hydrogen) atoms. The summed E-state index contributed by atoms with van der Waals surface area (Å²) in [5.74, 6) is 0. The molecule has 1 aliphatic rings. The molecule has 0 aliphatic heterocycles. The van der Waals surface area contributed by atoms with Gasteiger partial charge in [-0.3, -0.25) is 5.01 Å². The summed E-state index contributed by atoms with van der Waals surface area (Å²) in [7, 11) is 2.01. The molecular formula is C12H17ClN4. The highest BCUT2D eigenvalue weighted by atomic mass is 35.5. The summed E-state index contributed by atoms with van der Waals surface area (Å²) in [6.45, 7) is 1.91. The van der Waals surface area contributed by atoms with Crippen LogP contribution in [0.2, 0.25) is 5.15 Å². The summed E-state index contributed by atoms with van der Waals surface area (Å²) in [6, 6.07) is 0.565. The van der Waals surface area contributed by atoms with Crippen molar-refractivity contribution in [2.75, 3.05) is 7.05 Å². The van der Waals surface area contributed by atoms with Gasteiger partial charge < -0.3 is 0 Å². The number of rotatable bonds is 3. The minimum absolute atomic E-state index is 0.459. The highest BCUT2D eigenvalue weighted by molar-refractivity contribution is 6.31. The highest BCUT2D eigenvalue weighted by Gasteiger charge is 2.18. The lowest BCUT2D eigenvalue weighted by Crippen LogP contribution is -2.23. The molecule has 0 radical (unpaired) electrons. The van der Waals surface area contributed by atoms with Crippen LogP contribution in [0.25, 0.3) is 0 Å². The molecule has 0 N–H and O–H groups in total. The summed E-state index contributed by atoms with van der Waals surface area (Å²) in [4.78, 5) is 8.07. The van der Waals surface area contributed by atoms with Gasteiger partial charge in [0.05, 0.1) is 17.5 Å². The molecule has 0 atom stereocenters. The molecule has 2 rings (SSSR count). The van der Waals surface area contributed by atoms with Crippen LogP contribution >= 0.6 is 11.6 Å². The first-order chi connectivity index (χ1) is 8.18. The van der Waals surface area contributed by atoms with Gasteiger partial charge in [-0.15, -0.1) is 0 Å². The van der Waals surface area contributed by atoms with E-state index in [9.17, 15) is 0 Å². The lowest BCUT2D eigenvalue weighted by molar-refractivity contribution is 0.259. The predicted molar refractivity (Wildman–Crippen MR) is 69.4 cm³/mol. The Labute approximate surface area is 107 Å². The molecule has 0 aromatic carbocycles. The van der Waals surface area contributed by atoms with Gasteiger partial charge in [0.2, 0.25) is 0 Å². The monoisotopic (exact) mass is 252 g/mol. The largest absolute Gasteiger partial charge is 0.297 e. The second kappa shape index (κ2) is 5.45.